The molecule has 0 fully saturated rings. The monoisotopic (exact) mass is 136 g/mol. The number of hydrogen-bond donors (Lipinski definition) is 0. The van der Waals surface area contributed by atoms with Gasteiger partial charge in [-0.25, -0.2) is 9.97 Å². The second kappa shape index (κ2) is 2.02. The van der Waals surface area contributed by atoms with E-state index in [1.165, 1.54) is 0 Å². The van der Waals surface area contributed by atoms with Gasteiger partial charge in [-0.15, -0.1) is 0 Å². The summed E-state index contributed by atoms with van der Waals surface area (Å²) >= 11 is 0. The van der Waals surface area contributed by atoms with Crippen LogP contribution in [0.1, 0.15) is 24.3 Å². The van der Waals surface area contributed by atoms with Crippen LogP contribution in [-0.4, -0.2) is 9.97 Å². The molecule has 0 spiro atoms. The topological polar surface area (TPSA) is 35.0 Å². The van der Waals surface area contributed by atoms with Crippen molar-refractivity contribution in [3.05, 3.63) is 23.8 Å². The molecule has 0 saturated heterocycles. The number of fused-ring (bicyclic) bond motifs is 1. The predicted molar refractivity (Wildman–Crippen MR) is 35.2 cm³/mol. The molecular weight excluding hydrogens is 128 g/mol. The van der Waals surface area contributed by atoms with Crippen LogP contribution in [-0.2, 0) is 11.3 Å². The first-order chi connectivity index (χ1) is 4.88. The van der Waals surface area contributed by atoms with E-state index in [2.05, 4.69) is 9.97 Å². The average Bonchev–Trinajstić information content (AvgIpc) is 2.34. The van der Waals surface area contributed by atoms with Gasteiger partial charge in [-0.2, -0.15) is 0 Å². The molecule has 1 aliphatic heterocycles. The summed E-state index contributed by atoms with van der Waals surface area (Å²) < 4.78 is 5.32. The highest BCUT2D eigenvalue weighted by Gasteiger charge is 2.19. The molecule has 0 bridgehead atoms. The zero-order valence-corrected chi connectivity index (χ0v) is 5.74. The van der Waals surface area contributed by atoms with Gasteiger partial charge in [0.2, 0.25) is 0 Å². The second-order valence-corrected chi connectivity index (χ2v) is 2.39. The van der Waals surface area contributed by atoms with Crippen LogP contribution in [0.25, 0.3) is 0 Å². The summed E-state index contributed by atoms with van der Waals surface area (Å²) in [7, 11) is 0. The van der Waals surface area contributed by atoms with Crippen molar-refractivity contribution in [1.29, 1.82) is 0 Å². The Kier molecular flexibility index (Phi) is 1.17. The fourth-order valence-corrected chi connectivity index (χ4v) is 1.14. The molecule has 3 nitrogen and oxygen atoms in total. The van der Waals surface area contributed by atoms with Gasteiger partial charge in [-0.3, -0.25) is 0 Å². The Bertz CT molecular complexity index is 249. The number of aromatic nitrogens is 2. The van der Waals surface area contributed by atoms with E-state index >= 15 is 0 Å². The smallest absolute Gasteiger partial charge is 0.115 e. The van der Waals surface area contributed by atoms with Crippen LogP contribution < -0.4 is 0 Å². The number of rotatable bonds is 0. The lowest BCUT2D eigenvalue weighted by Gasteiger charge is -1.98. The number of hydrogen-bond acceptors (Lipinski definition) is 3. The number of nitrogens with zero attached hydrogens (tertiary/aromatic N) is 2. The van der Waals surface area contributed by atoms with E-state index in [1.807, 2.05) is 13.1 Å². The molecule has 1 unspecified atom stereocenters. The summed E-state index contributed by atoms with van der Waals surface area (Å²) in [6, 6.07) is 0. The molecule has 0 radical (unpaired) electrons. The normalized spacial score (nSPS) is 22.7. The van der Waals surface area contributed by atoms with Gasteiger partial charge < -0.3 is 4.74 Å². The van der Waals surface area contributed by atoms with Crippen molar-refractivity contribution in [2.75, 3.05) is 0 Å². The van der Waals surface area contributed by atoms with Crippen molar-refractivity contribution < 1.29 is 4.74 Å². The van der Waals surface area contributed by atoms with E-state index in [0.29, 0.717) is 6.61 Å². The van der Waals surface area contributed by atoms with Gasteiger partial charge in [0.15, 0.2) is 0 Å². The van der Waals surface area contributed by atoms with Crippen LogP contribution >= 0.6 is 0 Å². The Hall–Kier alpha value is -0.960. The van der Waals surface area contributed by atoms with Crippen molar-refractivity contribution in [2.45, 2.75) is 19.6 Å². The first kappa shape index (κ1) is 5.80. The summed E-state index contributed by atoms with van der Waals surface area (Å²) in [4.78, 5) is 8.00. The van der Waals surface area contributed by atoms with E-state index in [-0.39, 0.29) is 6.10 Å². The van der Waals surface area contributed by atoms with E-state index in [9.17, 15) is 0 Å². The van der Waals surface area contributed by atoms with Crippen molar-refractivity contribution in [2.24, 2.45) is 0 Å². The molecule has 0 saturated carbocycles. The molecule has 0 aliphatic carbocycles. The summed E-state index contributed by atoms with van der Waals surface area (Å²) in [6.45, 7) is 2.66. The molecule has 52 valence electrons. The fourth-order valence-electron chi connectivity index (χ4n) is 1.14. The Morgan fingerprint density at radius 1 is 1.70 bits per heavy atom. The van der Waals surface area contributed by atoms with E-state index < -0.39 is 0 Å². The first-order valence-corrected chi connectivity index (χ1v) is 3.28. The van der Waals surface area contributed by atoms with Crippen molar-refractivity contribution in [3.63, 3.8) is 0 Å². The Morgan fingerprint density at radius 2 is 2.60 bits per heavy atom. The Labute approximate surface area is 59.1 Å². The standard InChI is InChI=1S/C7H8N2O/c1-5-7-6(3-10-5)2-8-4-9-7/h2,4-5H,3H2,1H3. The fraction of sp³-hybridized carbons (Fsp3) is 0.429. The van der Waals surface area contributed by atoms with Crippen molar-refractivity contribution in [1.82, 2.24) is 9.97 Å². The van der Waals surface area contributed by atoms with Gasteiger partial charge in [-0.1, -0.05) is 0 Å². The minimum Gasteiger partial charge on any atom is -0.367 e. The SMILES string of the molecule is CC1OCc2cncnc21. The van der Waals surface area contributed by atoms with Gasteiger partial charge in [-0.05, 0) is 6.92 Å². The molecule has 0 amide bonds. The summed E-state index contributed by atoms with van der Waals surface area (Å²) in [5, 5.41) is 0. The maximum absolute atomic E-state index is 5.32. The van der Waals surface area contributed by atoms with E-state index in [4.69, 9.17) is 4.74 Å². The third kappa shape index (κ3) is 0.708. The second-order valence-electron chi connectivity index (χ2n) is 2.39. The average molecular weight is 136 g/mol. The molecule has 1 aromatic rings. The zero-order valence-electron chi connectivity index (χ0n) is 5.74. The Morgan fingerprint density at radius 3 is 3.40 bits per heavy atom. The molecule has 0 aromatic carbocycles. The predicted octanol–water partition coefficient (Wildman–Crippen LogP) is 1.07. The minimum atomic E-state index is 0.151. The lowest BCUT2D eigenvalue weighted by atomic mass is 10.2. The van der Waals surface area contributed by atoms with Gasteiger partial charge in [0.05, 0.1) is 18.4 Å². The molecule has 1 aliphatic rings. The number of ether oxygens (including phenoxy) is 1. The van der Waals surface area contributed by atoms with Gasteiger partial charge in [0.1, 0.15) is 6.33 Å². The highest BCUT2D eigenvalue weighted by molar-refractivity contribution is 5.20. The van der Waals surface area contributed by atoms with Crippen molar-refractivity contribution >= 4 is 0 Å². The molecule has 3 heteroatoms. The molecular formula is C7H8N2O. The van der Waals surface area contributed by atoms with Crippen LogP contribution in [0.15, 0.2) is 12.5 Å². The molecule has 0 N–H and O–H groups in total. The van der Waals surface area contributed by atoms with Crippen LogP contribution in [0.2, 0.25) is 0 Å². The maximum Gasteiger partial charge on any atom is 0.115 e. The molecule has 2 heterocycles. The van der Waals surface area contributed by atoms with Gasteiger partial charge in [0, 0.05) is 11.8 Å². The van der Waals surface area contributed by atoms with E-state index in [1.54, 1.807) is 6.33 Å². The highest BCUT2D eigenvalue weighted by atomic mass is 16.5. The third-order valence-corrected chi connectivity index (χ3v) is 1.70. The van der Waals surface area contributed by atoms with Crippen LogP contribution in [0, 0.1) is 0 Å². The van der Waals surface area contributed by atoms with Crippen molar-refractivity contribution in [3.8, 4) is 0 Å². The van der Waals surface area contributed by atoms with Crippen LogP contribution in [0.5, 0.6) is 0 Å². The van der Waals surface area contributed by atoms with Crippen LogP contribution in [0.3, 0.4) is 0 Å². The molecule has 2 rings (SSSR count). The molecule has 1 atom stereocenters. The third-order valence-electron chi connectivity index (χ3n) is 1.70. The van der Waals surface area contributed by atoms with E-state index in [0.717, 1.165) is 11.3 Å². The highest BCUT2D eigenvalue weighted by Crippen LogP contribution is 2.26. The molecule has 10 heavy (non-hydrogen) atoms. The summed E-state index contributed by atoms with van der Waals surface area (Å²) in [5.41, 5.74) is 2.16. The van der Waals surface area contributed by atoms with Gasteiger partial charge in [0.25, 0.3) is 0 Å². The van der Waals surface area contributed by atoms with Gasteiger partial charge >= 0.3 is 0 Å². The maximum atomic E-state index is 5.32. The lowest BCUT2D eigenvalue weighted by molar-refractivity contribution is 0.0779. The summed E-state index contributed by atoms with van der Waals surface area (Å²) in [5.74, 6) is 0. The Balaban J connectivity index is 2.51. The van der Waals surface area contributed by atoms with Crippen LogP contribution in [0.4, 0.5) is 0 Å². The lowest BCUT2D eigenvalue weighted by Crippen LogP contribution is -1.92. The quantitative estimate of drug-likeness (QED) is 0.535. The first-order valence-electron chi connectivity index (χ1n) is 3.28. The summed E-state index contributed by atoms with van der Waals surface area (Å²) in [6.07, 6.45) is 3.52. The zero-order chi connectivity index (χ0) is 6.97. The molecule has 1 aromatic heterocycles. The minimum absolute atomic E-state index is 0.151. The largest absolute Gasteiger partial charge is 0.367 e.